The van der Waals surface area contributed by atoms with Gasteiger partial charge in [0, 0.05) is 18.8 Å². The largest absolute Gasteiger partial charge is 0.454 e. The molecule has 6 nitrogen and oxygen atoms in total. The van der Waals surface area contributed by atoms with Crippen LogP contribution in [0.2, 0.25) is 0 Å². The third-order valence-electron chi connectivity index (χ3n) is 5.00. The van der Waals surface area contributed by atoms with Crippen LogP contribution in [0.25, 0.3) is 0 Å². The van der Waals surface area contributed by atoms with Gasteiger partial charge in [-0.3, -0.25) is 14.5 Å². The molecule has 0 spiro atoms. The molecule has 0 fully saturated rings. The fourth-order valence-electron chi connectivity index (χ4n) is 3.42. The monoisotopic (exact) mass is 393 g/mol. The number of nitrogens with zero attached hydrogens (tertiary/aromatic N) is 2. The van der Waals surface area contributed by atoms with E-state index in [1.165, 1.54) is 16.2 Å². The number of carbonyl (C=O) groups excluding carboxylic acids is 1. The smallest absolute Gasteiger partial charge is 0.287 e. The SMILES string of the molecule is CCN(CC)C(CNC(=O)c1ccc(Cn2ccccc2=O)o1)c1ccccc1. The second-order valence-electron chi connectivity index (χ2n) is 6.79. The lowest BCUT2D eigenvalue weighted by molar-refractivity contribution is 0.0905. The lowest BCUT2D eigenvalue weighted by atomic mass is 10.1. The van der Waals surface area contributed by atoms with Crippen molar-refractivity contribution in [3.8, 4) is 0 Å². The van der Waals surface area contributed by atoms with Crippen LogP contribution in [0, 0.1) is 0 Å². The predicted molar refractivity (Wildman–Crippen MR) is 113 cm³/mol. The highest BCUT2D eigenvalue weighted by atomic mass is 16.4. The number of hydrogen-bond donors (Lipinski definition) is 1. The van der Waals surface area contributed by atoms with E-state index in [0.717, 1.165) is 13.1 Å². The van der Waals surface area contributed by atoms with Gasteiger partial charge >= 0.3 is 0 Å². The Bertz CT molecular complexity index is 974. The molecule has 0 radical (unpaired) electrons. The Labute approximate surface area is 170 Å². The van der Waals surface area contributed by atoms with Crippen molar-refractivity contribution in [1.82, 2.24) is 14.8 Å². The highest BCUT2D eigenvalue weighted by Gasteiger charge is 2.20. The maximum absolute atomic E-state index is 12.6. The summed E-state index contributed by atoms with van der Waals surface area (Å²) < 4.78 is 7.20. The molecule has 0 aliphatic rings. The van der Waals surface area contributed by atoms with Gasteiger partial charge in [0.1, 0.15) is 5.76 Å². The molecule has 1 amide bonds. The van der Waals surface area contributed by atoms with Gasteiger partial charge < -0.3 is 14.3 Å². The zero-order chi connectivity index (χ0) is 20.6. The molecule has 3 rings (SSSR count). The average Bonchev–Trinajstić information content (AvgIpc) is 3.22. The number of hydrogen-bond acceptors (Lipinski definition) is 4. The number of furan rings is 1. The van der Waals surface area contributed by atoms with Crippen LogP contribution in [0.15, 0.2) is 76.1 Å². The van der Waals surface area contributed by atoms with Crippen LogP contribution in [0.5, 0.6) is 0 Å². The summed E-state index contributed by atoms with van der Waals surface area (Å²) in [6.45, 7) is 6.79. The van der Waals surface area contributed by atoms with Gasteiger partial charge in [-0.1, -0.05) is 50.2 Å². The molecule has 2 aromatic heterocycles. The fraction of sp³-hybridized carbons (Fsp3) is 0.304. The number of pyridine rings is 1. The van der Waals surface area contributed by atoms with Crippen molar-refractivity contribution < 1.29 is 9.21 Å². The van der Waals surface area contributed by atoms with Crippen LogP contribution in [-0.2, 0) is 6.54 Å². The maximum atomic E-state index is 12.6. The zero-order valence-electron chi connectivity index (χ0n) is 16.9. The Kier molecular flexibility index (Phi) is 7.03. The first-order valence-electron chi connectivity index (χ1n) is 9.93. The first-order valence-corrected chi connectivity index (χ1v) is 9.93. The minimum absolute atomic E-state index is 0.0903. The summed E-state index contributed by atoms with van der Waals surface area (Å²) in [6, 6.07) is 18.6. The van der Waals surface area contributed by atoms with E-state index in [-0.39, 0.29) is 23.3 Å². The first kappa shape index (κ1) is 20.6. The molecule has 0 aliphatic carbocycles. The molecule has 0 aliphatic heterocycles. The zero-order valence-corrected chi connectivity index (χ0v) is 16.9. The Hall–Kier alpha value is -3.12. The molecule has 0 saturated carbocycles. The Morgan fingerprint density at radius 2 is 1.76 bits per heavy atom. The van der Waals surface area contributed by atoms with Crippen molar-refractivity contribution in [3.63, 3.8) is 0 Å². The molecular weight excluding hydrogens is 366 g/mol. The van der Waals surface area contributed by atoms with E-state index in [0.29, 0.717) is 18.8 Å². The highest BCUT2D eigenvalue weighted by molar-refractivity contribution is 5.91. The van der Waals surface area contributed by atoms with Crippen molar-refractivity contribution in [3.05, 3.63) is 94.3 Å². The summed E-state index contributed by atoms with van der Waals surface area (Å²) in [4.78, 5) is 26.8. The summed E-state index contributed by atoms with van der Waals surface area (Å²) in [5.41, 5.74) is 1.06. The van der Waals surface area contributed by atoms with E-state index < -0.39 is 0 Å². The molecule has 1 N–H and O–H groups in total. The van der Waals surface area contributed by atoms with Gasteiger partial charge in [-0.25, -0.2) is 0 Å². The minimum Gasteiger partial charge on any atom is -0.454 e. The summed E-state index contributed by atoms with van der Waals surface area (Å²) in [5, 5.41) is 2.99. The molecule has 1 atom stereocenters. The Balaban J connectivity index is 1.67. The summed E-state index contributed by atoms with van der Waals surface area (Å²) in [7, 11) is 0. The normalized spacial score (nSPS) is 12.1. The highest BCUT2D eigenvalue weighted by Crippen LogP contribution is 2.20. The number of rotatable bonds is 9. The number of amides is 1. The summed E-state index contributed by atoms with van der Waals surface area (Å²) >= 11 is 0. The van der Waals surface area contributed by atoms with Gasteiger partial charge in [0.2, 0.25) is 0 Å². The Morgan fingerprint density at radius 1 is 1.03 bits per heavy atom. The van der Waals surface area contributed by atoms with Crippen molar-refractivity contribution in [2.75, 3.05) is 19.6 Å². The number of carbonyl (C=O) groups is 1. The maximum Gasteiger partial charge on any atom is 0.287 e. The Morgan fingerprint density at radius 3 is 2.45 bits per heavy atom. The lowest BCUT2D eigenvalue weighted by Crippen LogP contribution is -2.38. The van der Waals surface area contributed by atoms with Gasteiger partial charge in [-0.2, -0.15) is 0 Å². The molecule has 29 heavy (non-hydrogen) atoms. The molecule has 0 saturated heterocycles. The van der Waals surface area contributed by atoms with E-state index >= 15 is 0 Å². The summed E-state index contributed by atoms with van der Waals surface area (Å²) in [5.74, 6) is 0.548. The van der Waals surface area contributed by atoms with Crippen molar-refractivity contribution >= 4 is 5.91 Å². The molecule has 152 valence electrons. The van der Waals surface area contributed by atoms with E-state index in [2.05, 4.69) is 36.2 Å². The van der Waals surface area contributed by atoms with Crippen LogP contribution >= 0.6 is 0 Å². The van der Waals surface area contributed by atoms with Gasteiger partial charge in [0.15, 0.2) is 5.76 Å². The topological polar surface area (TPSA) is 67.5 Å². The number of likely N-dealkylation sites (N-methyl/N-ethyl adjacent to an activating group) is 1. The second kappa shape index (κ2) is 9.89. The summed E-state index contributed by atoms with van der Waals surface area (Å²) in [6.07, 6.45) is 1.69. The molecule has 6 heteroatoms. The quantitative estimate of drug-likeness (QED) is 0.606. The van der Waals surface area contributed by atoms with Gasteiger partial charge in [-0.15, -0.1) is 0 Å². The average molecular weight is 393 g/mol. The molecule has 1 unspecified atom stereocenters. The van der Waals surface area contributed by atoms with Crippen molar-refractivity contribution in [2.24, 2.45) is 0 Å². The predicted octanol–water partition coefficient (Wildman–Crippen LogP) is 3.30. The van der Waals surface area contributed by atoms with E-state index in [1.807, 2.05) is 18.2 Å². The fourth-order valence-corrected chi connectivity index (χ4v) is 3.42. The molecule has 3 aromatic rings. The second-order valence-corrected chi connectivity index (χ2v) is 6.79. The standard InChI is InChI=1S/C23H27N3O3/c1-3-25(4-2)20(18-10-6-5-7-11-18)16-24-23(28)21-14-13-19(29-21)17-26-15-9-8-12-22(26)27/h5-15,20H,3-4,16-17H2,1-2H3,(H,24,28). The van der Waals surface area contributed by atoms with E-state index in [9.17, 15) is 9.59 Å². The van der Waals surface area contributed by atoms with Crippen LogP contribution < -0.4 is 10.9 Å². The number of nitrogens with one attached hydrogen (secondary N) is 1. The molecule has 1 aromatic carbocycles. The van der Waals surface area contributed by atoms with Crippen LogP contribution in [0.3, 0.4) is 0 Å². The van der Waals surface area contributed by atoms with Gasteiger partial charge in [-0.05, 0) is 36.9 Å². The van der Waals surface area contributed by atoms with Crippen molar-refractivity contribution in [2.45, 2.75) is 26.4 Å². The molecule has 2 heterocycles. The van der Waals surface area contributed by atoms with E-state index in [1.54, 1.807) is 30.5 Å². The molecular formula is C23H27N3O3. The van der Waals surface area contributed by atoms with Crippen LogP contribution in [-0.4, -0.2) is 35.0 Å². The van der Waals surface area contributed by atoms with Crippen LogP contribution in [0.4, 0.5) is 0 Å². The number of aromatic nitrogens is 1. The number of benzene rings is 1. The first-order chi connectivity index (χ1) is 14.1. The molecule has 0 bridgehead atoms. The third-order valence-corrected chi connectivity index (χ3v) is 5.00. The van der Waals surface area contributed by atoms with Crippen molar-refractivity contribution in [1.29, 1.82) is 0 Å². The minimum atomic E-state index is -0.259. The third kappa shape index (κ3) is 5.23. The van der Waals surface area contributed by atoms with Gasteiger partial charge in [0.05, 0.1) is 12.6 Å². The van der Waals surface area contributed by atoms with Gasteiger partial charge in [0.25, 0.3) is 11.5 Å². The van der Waals surface area contributed by atoms with Crippen LogP contribution in [0.1, 0.15) is 41.8 Å². The van der Waals surface area contributed by atoms with E-state index in [4.69, 9.17) is 4.42 Å². The lowest BCUT2D eigenvalue weighted by Gasteiger charge is -2.30.